The molecule has 3 aromatic heterocycles. The number of aryl methyl sites for hydroxylation is 2. The van der Waals surface area contributed by atoms with E-state index < -0.39 is 6.17 Å². The van der Waals surface area contributed by atoms with Crippen LogP contribution in [0.3, 0.4) is 0 Å². The molecule has 6 rings (SSSR count). The minimum absolute atomic E-state index is 0.0513. The Kier molecular flexibility index (Phi) is 5.10. The summed E-state index contributed by atoms with van der Waals surface area (Å²) in [7, 11) is 5.50. The van der Waals surface area contributed by atoms with Gasteiger partial charge in [-0.2, -0.15) is 5.10 Å². The summed E-state index contributed by atoms with van der Waals surface area (Å²) < 4.78 is 26.0. The van der Waals surface area contributed by atoms with Crippen LogP contribution in [-0.4, -0.2) is 67.1 Å². The SMILES string of the molecule is COc1cc(C(=O)N2C[C@H](N)C[C@@H](F)C2)cc2nc(-c3cc4cnn(C)c4n3CC3CC3)n(C)c12. The highest BCUT2D eigenvalue weighted by Crippen LogP contribution is 2.37. The van der Waals surface area contributed by atoms with Crippen LogP contribution in [0.2, 0.25) is 0 Å². The predicted molar refractivity (Wildman–Crippen MR) is 131 cm³/mol. The van der Waals surface area contributed by atoms with Crippen molar-refractivity contribution in [3.63, 3.8) is 0 Å². The van der Waals surface area contributed by atoms with Crippen molar-refractivity contribution < 1.29 is 13.9 Å². The minimum atomic E-state index is -1.11. The molecule has 1 aromatic carbocycles. The molecule has 0 spiro atoms. The van der Waals surface area contributed by atoms with Crippen molar-refractivity contribution in [2.24, 2.45) is 25.7 Å². The normalized spacial score (nSPS) is 20.8. The Hall–Kier alpha value is -3.40. The van der Waals surface area contributed by atoms with Crippen molar-refractivity contribution in [3.05, 3.63) is 30.0 Å². The van der Waals surface area contributed by atoms with E-state index in [4.69, 9.17) is 15.5 Å². The number of nitrogens with two attached hydrogens (primary N) is 1. The van der Waals surface area contributed by atoms with Crippen molar-refractivity contribution in [1.82, 2.24) is 28.8 Å². The Morgan fingerprint density at radius 2 is 2.03 bits per heavy atom. The van der Waals surface area contributed by atoms with Crippen LogP contribution in [0.15, 0.2) is 24.4 Å². The highest BCUT2D eigenvalue weighted by atomic mass is 19.1. The van der Waals surface area contributed by atoms with Crippen LogP contribution in [0, 0.1) is 5.92 Å². The monoisotopic (exact) mass is 479 g/mol. The zero-order chi connectivity index (χ0) is 24.4. The molecule has 1 saturated heterocycles. The van der Waals surface area contributed by atoms with E-state index in [1.165, 1.54) is 17.7 Å². The molecule has 1 aliphatic carbocycles. The smallest absolute Gasteiger partial charge is 0.254 e. The minimum Gasteiger partial charge on any atom is -0.494 e. The number of hydrogen-bond acceptors (Lipinski definition) is 5. The summed E-state index contributed by atoms with van der Waals surface area (Å²) in [4.78, 5) is 19.7. The topological polar surface area (TPSA) is 96.1 Å². The number of carbonyl (C=O) groups is 1. The van der Waals surface area contributed by atoms with E-state index in [1.807, 2.05) is 29.5 Å². The quantitative estimate of drug-likeness (QED) is 0.475. The number of benzene rings is 1. The second-order valence-electron chi connectivity index (χ2n) is 9.97. The summed E-state index contributed by atoms with van der Waals surface area (Å²) in [6.45, 7) is 1.31. The molecular weight excluding hydrogens is 449 g/mol. The number of methoxy groups -OCH3 is 1. The third kappa shape index (κ3) is 3.67. The van der Waals surface area contributed by atoms with Crippen LogP contribution in [-0.2, 0) is 20.6 Å². The Morgan fingerprint density at radius 3 is 2.74 bits per heavy atom. The van der Waals surface area contributed by atoms with Gasteiger partial charge in [-0.15, -0.1) is 0 Å². The van der Waals surface area contributed by atoms with Gasteiger partial charge in [-0.25, -0.2) is 9.37 Å². The van der Waals surface area contributed by atoms with E-state index in [-0.39, 0.29) is 24.9 Å². The molecule has 35 heavy (non-hydrogen) atoms. The number of halogens is 1. The number of amides is 1. The summed E-state index contributed by atoms with van der Waals surface area (Å²) in [5.74, 6) is 1.76. The van der Waals surface area contributed by atoms with Crippen LogP contribution in [0.1, 0.15) is 29.6 Å². The number of aromatic nitrogens is 5. The number of likely N-dealkylation sites (tertiary alicyclic amines) is 1. The zero-order valence-electron chi connectivity index (χ0n) is 20.2. The number of piperidine rings is 1. The molecule has 4 aromatic rings. The first-order valence-corrected chi connectivity index (χ1v) is 12.1. The fourth-order valence-corrected chi connectivity index (χ4v) is 5.39. The summed E-state index contributed by atoms with van der Waals surface area (Å²) in [5, 5.41) is 5.50. The molecule has 2 fully saturated rings. The van der Waals surface area contributed by atoms with Crippen molar-refractivity contribution in [3.8, 4) is 17.3 Å². The third-order valence-corrected chi connectivity index (χ3v) is 7.26. The number of fused-ring (bicyclic) bond motifs is 2. The number of rotatable bonds is 5. The van der Waals surface area contributed by atoms with E-state index >= 15 is 0 Å². The average Bonchev–Trinajstić information content (AvgIpc) is 3.35. The van der Waals surface area contributed by atoms with Gasteiger partial charge in [-0.05, 0) is 43.4 Å². The summed E-state index contributed by atoms with van der Waals surface area (Å²) in [6.07, 6.45) is 3.51. The van der Waals surface area contributed by atoms with E-state index in [0.717, 1.165) is 34.6 Å². The summed E-state index contributed by atoms with van der Waals surface area (Å²) >= 11 is 0. The first kappa shape index (κ1) is 22.1. The first-order chi connectivity index (χ1) is 16.8. The molecule has 2 aliphatic rings. The Morgan fingerprint density at radius 1 is 1.23 bits per heavy atom. The standard InChI is InChI=1S/C25H30FN7O2/c1-30-22-19(6-15(8-21(22)35-3)25(34)32-12-17(26)9-18(27)13-32)29-23(30)20-7-16-10-28-31(2)24(16)33(20)11-14-4-5-14/h6-8,10,14,17-18H,4-5,9,11-13,27H2,1-3H3/t17-,18-/m1/s1. The van der Waals surface area contributed by atoms with Crippen LogP contribution >= 0.6 is 0 Å². The van der Waals surface area contributed by atoms with Crippen molar-refractivity contribution in [2.45, 2.75) is 38.0 Å². The molecular formula is C25H30FN7O2. The van der Waals surface area contributed by atoms with Gasteiger partial charge in [-0.3, -0.25) is 9.48 Å². The highest BCUT2D eigenvalue weighted by Gasteiger charge is 2.30. The number of alkyl halides is 1. The summed E-state index contributed by atoms with van der Waals surface area (Å²) in [6, 6.07) is 5.25. The van der Waals surface area contributed by atoms with Gasteiger partial charge in [0, 0.05) is 44.2 Å². The number of ether oxygens (including phenoxy) is 1. The molecule has 1 aliphatic heterocycles. The molecule has 1 amide bonds. The maximum atomic E-state index is 14.1. The second kappa shape index (κ2) is 8.08. The number of nitrogens with zero attached hydrogens (tertiary/aromatic N) is 6. The van der Waals surface area contributed by atoms with Crippen molar-refractivity contribution in [1.29, 1.82) is 0 Å². The van der Waals surface area contributed by atoms with E-state index in [2.05, 4.69) is 15.7 Å². The maximum absolute atomic E-state index is 14.1. The molecule has 9 nitrogen and oxygen atoms in total. The number of imidazole rings is 1. The lowest BCUT2D eigenvalue weighted by Gasteiger charge is -2.33. The second-order valence-corrected chi connectivity index (χ2v) is 9.97. The van der Waals surface area contributed by atoms with E-state index in [9.17, 15) is 9.18 Å². The fourth-order valence-electron chi connectivity index (χ4n) is 5.39. The fraction of sp³-hybridized carbons (Fsp3) is 0.480. The van der Waals surface area contributed by atoms with E-state index in [1.54, 1.807) is 19.2 Å². The van der Waals surface area contributed by atoms with Crippen LogP contribution in [0.4, 0.5) is 4.39 Å². The molecule has 4 heterocycles. The van der Waals surface area contributed by atoms with Crippen molar-refractivity contribution >= 4 is 28.0 Å². The number of hydrogen-bond donors (Lipinski definition) is 1. The molecule has 1 saturated carbocycles. The molecule has 2 atom stereocenters. The Balaban J connectivity index is 1.46. The van der Waals surface area contributed by atoms with Crippen LogP contribution in [0.25, 0.3) is 33.6 Å². The molecule has 0 radical (unpaired) electrons. The van der Waals surface area contributed by atoms with Gasteiger partial charge >= 0.3 is 0 Å². The maximum Gasteiger partial charge on any atom is 0.254 e. The van der Waals surface area contributed by atoms with Crippen LogP contribution < -0.4 is 10.5 Å². The lowest BCUT2D eigenvalue weighted by molar-refractivity contribution is 0.0606. The number of carbonyl (C=O) groups excluding carboxylic acids is 1. The summed E-state index contributed by atoms with van der Waals surface area (Å²) in [5.41, 5.74) is 9.93. The van der Waals surface area contributed by atoms with Gasteiger partial charge in [0.05, 0.1) is 31.1 Å². The molecule has 0 unspecified atom stereocenters. The molecule has 184 valence electrons. The van der Waals surface area contributed by atoms with Gasteiger partial charge in [0.2, 0.25) is 0 Å². The zero-order valence-corrected chi connectivity index (χ0v) is 20.2. The Bertz CT molecular complexity index is 1440. The molecule has 10 heteroatoms. The molecule has 2 N–H and O–H groups in total. The van der Waals surface area contributed by atoms with Gasteiger partial charge in [0.1, 0.15) is 23.1 Å². The lowest BCUT2D eigenvalue weighted by Crippen LogP contribution is -2.50. The van der Waals surface area contributed by atoms with Crippen LogP contribution in [0.5, 0.6) is 5.75 Å². The third-order valence-electron chi connectivity index (χ3n) is 7.26. The largest absolute Gasteiger partial charge is 0.494 e. The highest BCUT2D eigenvalue weighted by molar-refractivity contribution is 6.00. The van der Waals surface area contributed by atoms with Gasteiger partial charge < -0.3 is 24.5 Å². The van der Waals surface area contributed by atoms with Gasteiger partial charge in [0.15, 0.2) is 5.82 Å². The Labute approximate surface area is 202 Å². The average molecular weight is 480 g/mol. The lowest BCUT2D eigenvalue weighted by atomic mass is 10.0. The first-order valence-electron chi connectivity index (χ1n) is 12.1. The van der Waals surface area contributed by atoms with E-state index in [0.29, 0.717) is 29.3 Å². The van der Waals surface area contributed by atoms with Gasteiger partial charge in [-0.1, -0.05) is 0 Å². The van der Waals surface area contributed by atoms with Crippen molar-refractivity contribution in [2.75, 3.05) is 20.2 Å². The molecule has 0 bridgehead atoms. The predicted octanol–water partition coefficient (Wildman–Crippen LogP) is 2.86. The van der Waals surface area contributed by atoms with Gasteiger partial charge in [0.25, 0.3) is 5.91 Å².